The van der Waals surface area contributed by atoms with E-state index >= 15 is 0 Å². The zero-order valence-electron chi connectivity index (χ0n) is 9.43. The van der Waals surface area contributed by atoms with Gasteiger partial charge in [0.25, 0.3) is 0 Å². The highest BCUT2D eigenvalue weighted by molar-refractivity contribution is 7.65. The van der Waals surface area contributed by atoms with E-state index < -0.39 is 24.0 Å². The average molecular weight is 306 g/mol. The van der Waals surface area contributed by atoms with E-state index in [9.17, 15) is 4.79 Å². The van der Waals surface area contributed by atoms with Gasteiger partial charge < -0.3 is 9.47 Å². The minimum atomic E-state index is -2.95. The summed E-state index contributed by atoms with van der Waals surface area (Å²) in [6.07, 6.45) is -0.199. The lowest BCUT2D eigenvalue weighted by Gasteiger charge is -2.24. The molecule has 0 aromatic carbocycles. The van der Waals surface area contributed by atoms with Gasteiger partial charge in [-0.2, -0.15) is 0 Å². The molecule has 0 aliphatic rings. The quantitative estimate of drug-likeness (QED) is 0.248. The fourth-order valence-corrected chi connectivity index (χ4v) is 3.58. The summed E-state index contributed by atoms with van der Waals surface area (Å²) >= 11 is 17.5. The summed E-state index contributed by atoms with van der Waals surface area (Å²) in [6, 6.07) is -2.95. The van der Waals surface area contributed by atoms with Crippen LogP contribution in [0.4, 0.5) is 0 Å². The number of carbonyl (C=O) groups is 1. The fourth-order valence-electron chi connectivity index (χ4n) is 0.915. The Morgan fingerprint density at radius 2 is 1.94 bits per heavy atom. The summed E-state index contributed by atoms with van der Waals surface area (Å²) in [7, 11) is 0. The normalized spacial score (nSPS) is 15.4. The lowest BCUT2D eigenvalue weighted by molar-refractivity contribution is -0.173. The van der Waals surface area contributed by atoms with E-state index in [4.69, 9.17) is 42.7 Å². The van der Waals surface area contributed by atoms with Gasteiger partial charge in [0.2, 0.25) is 6.29 Å². The van der Waals surface area contributed by atoms with Crippen LogP contribution in [0.15, 0.2) is 12.2 Å². The van der Waals surface area contributed by atoms with Crippen LogP contribution in [0.1, 0.15) is 27.2 Å². The largest absolute Gasteiger partial charge is 0.433 e. The molecule has 16 heavy (non-hydrogen) atoms. The zero-order valence-corrected chi connectivity index (χ0v) is 12.7. The minimum Gasteiger partial charge on any atom is -0.433 e. The SMILES string of the molecule is C=C(C)C(=O)OC(C)OC(CC)[Si](Cl)(Cl)Cl. The molecule has 0 rings (SSSR count). The maximum atomic E-state index is 11.2. The fraction of sp³-hybridized carbons (Fsp3) is 0.667. The molecule has 0 aliphatic carbocycles. The molecule has 0 saturated heterocycles. The molecule has 0 bridgehead atoms. The standard InChI is InChI=1S/C9H15Cl3O3Si/c1-5-8(16(10,11)12)14-7(4)15-9(13)6(2)3/h7-8H,2,5H2,1,3-4H3. The highest BCUT2D eigenvalue weighted by Gasteiger charge is 2.38. The summed E-state index contributed by atoms with van der Waals surface area (Å²) in [5.74, 6) is -0.520. The molecule has 7 heteroatoms. The van der Waals surface area contributed by atoms with Crippen LogP contribution in [-0.4, -0.2) is 24.0 Å². The average Bonchev–Trinajstić information content (AvgIpc) is 2.11. The van der Waals surface area contributed by atoms with Crippen LogP contribution >= 0.6 is 33.2 Å². The molecule has 94 valence electrons. The minimum absolute atomic E-state index is 0.301. The summed E-state index contributed by atoms with van der Waals surface area (Å²) in [4.78, 5) is 11.2. The van der Waals surface area contributed by atoms with Crippen molar-refractivity contribution >= 4 is 45.2 Å². The third-order valence-electron chi connectivity index (χ3n) is 1.71. The number of esters is 1. The Hall–Kier alpha value is 0.257. The second kappa shape index (κ2) is 6.86. The van der Waals surface area contributed by atoms with Gasteiger partial charge in [-0.15, -0.1) is 33.2 Å². The topological polar surface area (TPSA) is 35.5 Å². The van der Waals surface area contributed by atoms with E-state index in [0.717, 1.165) is 0 Å². The second-order valence-corrected chi connectivity index (χ2v) is 12.2. The van der Waals surface area contributed by atoms with Crippen LogP contribution in [0.5, 0.6) is 0 Å². The van der Waals surface area contributed by atoms with Crippen molar-refractivity contribution in [1.82, 2.24) is 0 Å². The summed E-state index contributed by atoms with van der Waals surface area (Å²) in [5.41, 5.74) is -0.194. The molecule has 0 saturated carbocycles. The number of carbonyl (C=O) groups excluding carboxylic acids is 1. The first-order chi connectivity index (χ1) is 7.18. The maximum absolute atomic E-state index is 11.2. The van der Waals surface area contributed by atoms with E-state index in [1.165, 1.54) is 0 Å². The van der Waals surface area contributed by atoms with Gasteiger partial charge in [0.05, 0.1) is 5.73 Å². The number of halogens is 3. The van der Waals surface area contributed by atoms with Crippen molar-refractivity contribution in [2.24, 2.45) is 0 Å². The van der Waals surface area contributed by atoms with Gasteiger partial charge in [0.15, 0.2) is 0 Å². The number of rotatable bonds is 6. The van der Waals surface area contributed by atoms with Crippen molar-refractivity contribution < 1.29 is 14.3 Å². The Morgan fingerprint density at radius 3 is 2.25 bits per heavy atom. The predicted octanol–water partition coefficient (Wildman–Crippen LogP) is 3.44. The molecule has 3 nitrogen and oxygen atoms in total. The van der Waals surface area contributed by atoms with Gasteiger partial charge in [-0.25, -0.2) is 4.79 Å². The predicted molar refractivity (Wildman–Crippen MR) is 68.8 cm³/mol. The molecule has 2 unspecified atom stereocenters. The van der Waals surface area contributed by atoms with E-state index in [2.05, 4.69) is 6.58 Å². The summed E-state index contributed by atoms with van der Waals surface area (Å²) in [5, 5.41) is 0. The summed E-state index contributed by atoms with van der Waals surface area (Å²) in [6.45, 7) is 8.43. The van der Waals surface area contributed by atoms with Gasteiger partial charge >= 0.3 is 12.0 Å². The highest BCUT2D eigenvalue weighted by Crippen LogP contribution is 2.29. The van der Waals surface area contributed by atoms with Crippen LogP contribution in [0.25, 0.3) is 0 Å². The molecule has 0 spiro atoms. The molecule has 0 aromatic rings. The van der Waals surface area contributed by atoms with Crippen LogP contribution in [0, 0.1) is 0 Å². The molecule has 0 heterocycles. The second-order valence-electron chi connectivity index (χ2n) is 3.33. The Bertz CT molecular complexity index is 265. The van der Waals surface area contributed by atoms with Gasteiger partial charge in [0.1, 0.15) is 0 Å². The van der Waals surface area contributed by atoms with E-state index in [1.54, 1.807) is 13.8 Å². The maximum Gasteiger partial charge on any atom is 0.369 e. The lowest BCUT2D eigenvalue weighted by atomic mass is 10.4. The number of hydrogen-bond donors (Lipinski definition) is 0. The Balaban J connectivity index is 4.27. The molecule has 0 aliphatic heterocycles. The molecule has 2 atom stereocenters. The monoisotopic (exact) mass is 304 g/mol. The van der Waals surface area contributed by atoms with Crippen LogP contribution in [0.2, 0.25) is 0 Å². The zero-order chi connectivity index (χ0) is 12.9. The van der Waals surface area contributed by atoms with Crippen LogP contribution in [-0.2, 0) is 14.3 Å². The lowest BCUT2D eigenvalue weighted by Crippen LogP contribution is -2.37. The molecule has 0 aromatic heterocycles. The molecule has 0 N–H and O–H groups in total. The van der Waals surface area contributed by atoms with Crippen molar-refractivity contribution in [2.75, 3.05) is 0 Å². The highest BCUT2D eigenvalue weighted by atomic mass is 35.8. The first kappa shape index (κ1) is 16.3. The molecule has 0 radical (unpaired) electrons. The van der Waals surface area contributed by atoms with Gasteiger partial charge in [-0.05, 0) is 20.3 Å². The van der Waals surface area contributed by atoms with E-state index in [-0.39, 0.29) is 0 Å². The number of ether oxygens (including phenoxy) is 2. The third kappa shape index (κ3) is 6.11. The Labute approximate surface area is 111 Å². The van der Waals surface area contributed by atoms with Crippen molar-refractivity contribution in [2.45, 2.75) is 39.2 Å². The van der Waals surface area contributed by atoms with Gasteiger partial charge in [-0.1, -0.05) is 13.5 Å². The van der Waals surface area contributed by atoms with Crippen molar-refractivity contribution in [1.29, 1.82) is 0 Å². The van der Waals surface area contributed by atoms with E-state index in [1.807, 2.05) is 6.92 Å². The molecule has 0 fully saturated rings. The van der Waals surface area contributed by atoms with Gasteiger partial charge in [0, 0.05) is 5.57 Å². The summed E-state index contributed by atoms with van der Waals surface area (Å²) < 4.78 is 10.3. The number of hydrogen-bond acceptors (Lipinski definition) is 3. The Kier molecular flexibility index (Phi) is 6.97. The smallest absolute Gasteiger partial charge is 0.369 e. The van der Waals surface area contributed by atoms with Crippen LogP contribution in [0.3, 0.4) is 0 Å². The van der Waals surface area contributed by atoms with Crippen molar-refractivity contribution in [3.63, 3.8) is 0 Å². The first-order valence-corrected chi connectivity index (χ1v) is 9.88. The van der Waals surface area contributed by atoms with Crippen molar-refractivity contribution in [3.8, 4) is 0 Å². The van der Waals surface area contributed by atoms with Gasteiger partial charge in [-0.3, -0.25) is 0 Å². The Morgan fingerprint density at radius 1 is 1.44 bits per heavy atom. The van der Waals surface area contributed by atoms with E-state index in [0.29, 0.717) is 12.0 Å². The molecular formula is C9H15Cl3O3Si. The molecule has 0 amide bonds. The van der Waals surface area contributed by atoms with Crippen LogP contribution < -0.4 is 0 Å². The van der Waals surface area contributed by atoms with Crippen molar-refractivity contribution in [3.05, 3.63) is 12.2 Å². The third-order valence-corrected chi connectivity index (χ3v) is 5.18. The molecular weight excluding hydrogens is 291 g/mol. The first-order valence-electron chi connectivity index (χ1n) is 4.77.